The molecule has 1 saturated heterocycles. The lowest BCUT2D eigenvalue weighted by atomic mass is 10.1. The highest BCUT2D eigenvalue weighted by Crippen LogP contribution is 2.19. The lowest BCUT2D eigenvalue weighted by Gasteiger charge is -2.28. The number of ether oxygens (including phenoxy) is 1. The average molecular weight is 291 g/mol. The Morgan fingerprint density at radius 2 is 2.11 bits per heavy atom. The van der Waals surface area contributed by atoms with E-state index < -0.39 is 9.84 Å². The molecule has 1 atom stereocenters. The van der Waals surface area contributed by atoms with Crippen LogP contribution in [0.4, 0.5) is 0 Å². The number of amides is 1. The van der Waals surface area contributed by atoms with Gasteiger partial charge in [-0.2, -0.15) is 0 Å². The van der Waals surface area contributed by atoms with Crippen LogP contribution in [-0.2, 0) is 19.4 Å². The third kappa shape index (κ3) is 5.48. The molecule has 0 aromatic heterocycles. The zero-order chi connectivity index (χ0) is 14.3. The van der Waals surface area contributed by atoms with Crippen molar-refractivity contribution >= 4 is 15.7 Å². The number of carbonyl (C=O) groups excluding carboxylic acids is 1. The Hall–Kier alpha value is -0.620. The Morgan fingerprint density at radius 1 is 1.37 bits per heavy atom. The Labute approximate surface area is 116 Å². The van der Waals surface area contributed by atoms with Crippen LogP contribution in [0.2, 0.25) is 0 Å². The number of hydrogen-bond donors (Lipinski definition) is 0. The fourth-order valence-electron chi connectivity index (χ4n) is 2.37. The summed E-state index contributed by atoms with van der Waals surface area (Å²) in [6.45, 7) is 3.30. The molecule has 1 heterocycles. The van der Waals surface area contributed by atoms with Gasteiger partial charge in [0, 0.05) is 32.7 Å². The van der Waals surface area contributed by atoms with E-state index in [2.05, 4.69) is 6.92 Å². The van der Waals surface area contributed by atoms with E-state index >= 15 is 0 Å². The second-order valence-corrected chi connectivity index (χ2v) is 7.32. The van der Waals surface area contributed by atoms with Crippen molar-refractivity contribution in [2.45, 2.75) is 45.1 Å². The highest BCUT2D eigenvalue weighted by Gasteiger charge is 2.33. The minimum Gasteiger partial charge on any atom is -0.385 e. The van der Waals surface area contributed by atoms with Crippen LogP contribution in [0.25, 0.3) is 0 Å². The van der Waals surface area contributed by atoms with Crippen molar-refractivity contribution in [2.24, 2.45) is 0 Å². The number of nitrogens with zero attached hydrogens (tertiary/aromatic N) is 1. The molecule has 1 amide bonds. The zero-order valence-corrected chi connectivity index (χ0v) is 12.7. The molecule has 1 aliphatic rings. The first-order valence-corrected chi connectivity index (χ1v) is 8.81. The zero-order valence-electron chi connectivity index (χ0n) is 11.9. The van der Waals surface area contributed by atoms with E-state index in [9.17, 15) is 13.2 Å². The van der Waals surface area contributed by atoms with Gasteiger partial charge in [0.1, 0.15) is 0 Å². The second-order valence-electron chi connectivity index (χ2n) is 5.09. The number of sulfone groups is 1. The molecular weight excluding hydrogens is 266 g/mol. The highest BCUT2D eigenvalue weighted by molar-refractivity contribution is 7.91. The van der Waals surface area contributed by atoms with Gasteiger partial charge in [0.05, 0.1) is 11.5 Å². The molecule has 0 bridgehead atoms. The molecule has 0 N–H and O–H groups in total. The van der Waals surface area contributed by atoms with Crippen molar-refractivity contribution in [2.75, 3.05) is 31.8 Å². The Balaban J connectivity index is 2.58. The minimum atomic E-state index is -2.94. The van der Waals surface area contributed by atoms with Crippen molar-refractivity contribution in [3.8, 4) is 0 Å². The van der Waals surface area contributed by atoms with E-state index in [1.54, 1.807) is 12.0 Å². The standard InChI is InChI=1S/C13H25NO4S/c1-3-4-8-14(13(15)6-5-9-18-2)12-7-10-19(16,17)11-12/h12H,3-11H2,1-2H3. The van der Waals surface area contributed by atoms with Gasteiger partial charge in [-0.05, 0) is 19.3 Å². The second kappa shape index (κ2) is 7.85. The largest absolute Gasteiger partial charge is 0.385 e. The van der Waals surface area contributed by atoms with Crippen molar-refractivity contribution in [3.63, 3.8) is 0 Å². The fraction of sp³-hybridized carbons (Fsp3) is 0.923. The smallest absolute Gasteiger partial charge is 0.222 e. The fourth-order valence-corrected chi connectivity index (χ4v) is 4.10. The number of rotatable bonds is 8. The van der Waals surface area contributed by atoms with E-state index in [1.807, 2.05) is 0 Å². The molecule has 1 rings (SSSR count). The van der Waals surface area contributed by atoms with E-state index in [1.165, 1.54) is 0 Å². The van der Waals surface area contributed by atoms with E-state index in [0.717, 1.165) is 12.8 Å². The maximum absolute atomic E-state index is 12.2. The van der Waals surface area contributed by atoms with Crippen molar-refractivity contribution in [3.05, 3.63) is 0 Å². The van der Waals surface area contributed by atoms with Crippen LogP contribution in [0.15, 0.2) is 0 Å². The summed E-state index contributed by atoms with van der Waals surface area (Å²) in [7, 11) is -1.33. The molecule has 0 aromatic rings. The average Bonchev–Trinajstić information content (AvgIpc) is 2.70. The van der Waals surface area contributed by atoms with Crippen molar-refractivity contribution in [1.29, 1.82) is 0 Å². The number of hydrogen-bond acceptors (Lipinski definition) is 4. The summed E-state index contributed by atoms with van der Waals surface area (Å²) in [6.07, 6.45) is 3.64. The maximum atomic E-state index is 12.2. The van der Waals surface area contributed by atoms with Crippen LogP contribution in [-0.4, -0.2) is 57.0 Å². The first-order valence-electron chi connectivity index (χ1n) is 6.99. The van der Waals surface area contributed by atoms with Crippen LogP contribution in [0, 0.1) is 0 Å². The van der Waals surface area contributed by atoms with Crippen LogP contribution < -0.4 is 0 Å². The lowest BCUT2D eigenvalue weighted by molar-refractivity contribution is -0.133. The Kier molecular flexibility index (Phi) is 6.79. The summed E-state index contributed by atoms with van der Waals surface area (Å²) < 4.78 is 28.0. The summed E-state index contributed by atoms with van der Waals surface area (Å²) in [5.74, 6) is 0.408. The molecule has 0 aromatic carbocycles. The predicted octanol–water partition coefficient (Wildman–Crippen LogP) is 1.23. The molecule has 19 heavy (non-hydrogen) atoms. The molecule has 0 saturated carbocycles. The number of carbonyl (C=O) groups is 1. The molecule has 6 heteroatoms. The Morgan fingerprint density at radius 3 is 2.63 bits per heavy atom. The highest BCUT2D eigenvalue weighted by atomic mass is 32.2. The number of unbranched alkanes of at least 4 members (excludes halogenated alkanes) is 1. The summed E-state index contributed by atoms with van der Waals surface area (Å²) >= 11 is 0. The first-order chi connectivity index (χ1) is 9.00. The van der Waals surface area contributed by atoms with E-state index in [-0.39, 0.29) is 23.5 Å². The van der Waals surface area contributed by atoms with Gasteiger partial charge in [-0.15, -0.1) is 0 Å². The van der Waals surface area contributed by atoms with Crippen LogP contribution in [0.5, 0.6) is 0 Å². The van der Waals surface area contributed by atoms with Crippen LogP contribution >= 0.6 is 0 Å². The van der Waals surface area contributed by atoms with Gasteiger partial charge in [-0.25, -0.2) is 8.42 Å². The van der Waals surface area contributed by atoms with Crippen molar-refractivity contribution in [1.82, 2.24) is 4.90 Å². The predicted molar refractivity (Wildman–Crippen MR) is 74.8 cm³/mol. The van der Waals surface area contributed by atoms with Gasteiger partial charge in [-0.3, -0.25) is 4.79 Å². The molecule has 0 aliphatic carbocycles. The molecule has 1 fully saturated rings. The maximum Gasteiger partial charge on any atom is 0.222 e. The SMILES string of the molecule is CCCCN(C(=O)CCCOC)C1CCS(=O)(=O)C1. The molecule has 1 aliphatic heterocycles. The van der Waals surface area contributed by atoms with Gasteiger partial charge in [0.25, 0.3) is 0 Å². The quantitative estimate of drug-likeness (QED) is 0.631. The summed E-state index contributed by atoms with van der Waals surface area (Å²) in [4.78, 5) is 14.0. The van der Waals surface area contributed by atoms with Gasteiger partial charge < -0.3 is 9.64 Å². The van der Waals surface area contributed by atoms with Crippen LogP contribution in [0.1, 0.15) is 39.0 Å². The van der Waals surface area contributed by atoms with Gasteiger partial charge >= 0.3 is 0 Å². The molecule has 0 radical (unpaired) electrons. The molecule has 0 spiro atoms. The third-order valence-electron chi connectivity index (χ3n) is 3.46. The minimum absolute atomic E-state index is 0.0626. The topological polar surface area (TPSA) is 63.7 Å². The normalized spacial score (nSPS) is 21.5. The lowest BCUT2D eigenvalue weighted by Crippen LogP contribution is -2.41. The van der Waals surface area contributed by atoms with Gasteiger partial charge in [-0.1, -0.05) is 13.3 Å². The van der Waals surface area contributed by atoms with Crippen LogP contribution in [0.3, 0.4) is 0 Å². The van der Waals surface area contributed by atoms with E-state index in [4.69, 9.17) is 4.74 Å². The molecule has 112 valence electrons. The Bertz CT molecular complexity index is 380. The summed E-state index contributed by atoms with van der Waals surface area (Å²) in [6, 6.07) is -0.119. The van der Waals surface area contributed by atoms with E-state index in [0.29, 0.717) is 32.4 Å². The van der Waals surface area contributed by atoms with Gasteiger partial charge in [0.2, 0.25) is 5.91 Å². The summed E-state index contributed by atoms with van der Waals surface area (Å²) in [5, 5.41) is 0. The third-order valence-corrected chi connectivity index (χ3v) is 5.21. The first kappa shape index (κ1) is 16.4. The molecule has 1 unspecified atom stereocenters. The monoisotopic (exact) mass is 291 g/mol. The van der Waals surface area contributed by atoms with Crippen molar-refractivity contribution < 1.29 is 17.9 Å². The van der Waals surface area contributed by atoms with Gasteiger partial charge in [0.15, 0.2) is 9.84 Å². The molecular formula is C13H25NO4S. The summed E-state index contributed by atoms with van der Waals surface area (Å²) in [5.41, 5.74) is 0. The number of methoxy groups -OCH3 is 1. The molecule has 5 nitrogen and oxygen atoms in total.